The fourth-order valence-electron chi connectivity index (χ4n) is 2.75. The first-order chi connectivity index (χ1) is 12.2. The van der Waals surface area contributed by atoms with Crippen molar-refractivity contribution in [1.29, 1.82) is 0 Å². The summed E-state index contributed by atoms with van der Waals surface area (Å²) in [6, 6.07) is 19.7. The summed E-state index contributed by atoms with van der Waals surface area (Å²) < 4.78 is 0. The van der Waals surface area contributed by atoms with Gasteiger partial charge in [0.15, 0.2) is 0 Å². The maximum atomic E-state index is 12.4. The predicted molar refractivity (Wildman–Crippen MR) is 97.2 cm³/mol. The number of carbonyl (C=O) groups excluding carboxylic acids is 2. The quantitative estimate of drug-likeness (QED) is 0.875. The smallest absolute Gasteiger partial charge is 0.268 e. The van der Waals surface area contributed by atoms with Gasteiger partial charge in [0.2, 0.25) is 5.91 Å². The molecule has 2 N–H and O–H groups in total. The fourth-order valence-corrected chi connectivity index (χ4v) is 2.75. The van der Waals surface area contributed by atoms with Crippen LogP contribution in [0.15, 0.2) is 65.8 Å². The molecule has 1 atom stereocenters. The molecule has 0 bridgehead atoms. The largest absolute Gasteiger partial charge is 0.358 e. The number of likely N-dealkylation sites (N-methyl/N-ethyl adjacent to an activating group) is 1. The predicted octanol–water partition coefficient (Wildman–Crippen LogP) is 1.86. The van der Waals surface area contributed by atoms with Crippen LogP contribution in [0.2, 0.25) is 0 Å². The highest BCUT2D eigenvalue weighted by atomic mass is 16.2. The Morgan fingerprint density at radius 3 is 2.36 bits per heavy atom. The van der Waals surface area contributed by atoms with Crippen molar-refractivity contribution in [3.63, 3.8) is 0 Å². The van der Waals surface area contributed by atoms with E-state index >= 15 is 0 Å². The molecule has 0 saturated carbocycles. The molecule has 0 spiro atoms. The van der Waals surface area contributed by atoms with Gasteiger partial charge < -0.3 is 10.6 Å². The number of hydrazone groups is 1. The molecule has 6 heteroatoms. The number of benzene rings is 2. The zero-order valence-corrected chi connectivity index (χ0v) is 14.0. The molecule has 2 aromatic rings. The van der Waals surface area contributed by atoms with Gasteiger partial charge in [-0.1, -0.05) is 48.5 Å². The van der Waals surface area contributed by atoms with Crippen LogP contribution in [-0.2, 0) is 9.59 Å². The van der Waals surface area contributed by atoms with Crippen molar-refractivity contribution in [3.8, 4) is 0 Å². The number of nitrogens with zero attached hydrogens (tertiary/aromatic N) is 2. The molecule has 6 nitrogen and oxygen atoms in total. The minimum atomic E-state index is -0.317. The maximum Gasteiger partial charge on any atom is 0.268 e. The molecule has 3 rings (SSSR count). The summed E-state index contributed by atoms with van der Waals surface area (Å²) in [5, 5.41) is 11.5. The highest BCUT2D eigenvalue weighted by molar-refractivity contribution is 6.40. The van der Waals surface area contributed by atoms with Gasteiger partial charge in [0.25, 0.3) is 5.91 Å². The summed E-state index contributed by atoms with van der Waals surface area (Å²) in [5.41, 5.74) is 2.43. The molecular formula is C19H20N4O2. The molecule has 25 heavy (non-hydrogen) atoms. The molecule has 0 aromatic heterocycles. The lowest BCUT2D eigenvalue weighted by Crippen LogP contribution is -2.38. The normalized spacial score (nSPS) is 16.3. The molecule has 0 radical (unpaired) electrons. The average Bonchev–Trinajstić information content (AvgIpc) is 3.12. The first-order valence-electron chi connectivity index (χ1n) is 8.14. The topological polar surface area (TPSA) is 73.8 Å². The zero-order chi connectivity index (χ0) is 17.6. The van der Waals surface area contributed by atoms with Crippen molar-refractivity contribution >= 4 is 23.2 Å². The molecule has 0 fully saturated rings. The van der Waals surface area contributed by atoms with E-state index in [0.29, 0.717) is 12.1 Å². The Kier molecular flexibility index (Phi) is 5.09. The third kappa shape index (κ3) is 3.85. The van der Waals surface area contributed by atoms with E-state index in [4.69, 9.17) is 0 Å². The van der Waals surface area contributed by atoms with Crippen LogP contribution in [0.3, 0.4) is 0 Å². The van der Waals surface area contributed by atoms with Crippen LogP contribution in [0.25, 0.3) is 0 Å². The second-order valence-corrected chi connectivity index (χ2v) is 5.71. The monoisotopic (exact) mass is 336 g/mol. The molecule has 1 aliphatic heterocycles. The van der Waals surface area contributed by atoms with Crippen LogP contribution < -0.4 is 15.6 Å². The van der Waals surface area contributed by atoms with Crippen LogP contribution in [0, 0.1) is 0 Å². The zero-order valence-electron chi connectivity index (χ0n) is 14.0. The number of anilines is 1. The van der Waals surface area contributed by atoms with Gasteiger partial charge >= 0.3 is 0 Å². The summed E-state index contributed by atoms with van der Waals surface area (Å²) in [5.74, 6) is -0.561. The van der Waals surface area contributed by atoms with E-state index in [9.17, 15) is 9.59 Å². The van der Waals surface area contributed by atoms with Gasteiger partial charge in [0, 0.05) is 13.5 Å². The number of amides is 2. The van der Waals surface area contributed by atoms with E-state index in [0.717, 1.165) is 11.3 Å². The fraction of sp³-hybridized carbons (Fsp3) is 0.211. The number of rotatable bonds is 5. The van der Waals surface area contributed by atoms with Crippen molar-refractivity contribution in [2.75, 3.05) is 18.6 Å². The molecule has 2 aromatic carbocycles. The lowest BCUT2D eigenvalue weighted by atomic mass is 10.0. The molecule has 1 aliphatic rings. The minimum Gasteiger partial charge on any atom is -0.358 e. The minimum absolute atomic E-state index is 0.0515. The van der Waals surface area contributed by atoms with Crippen molar-refractivity contribution in [1.82, 2.24) is 10.6 Å². The molecule has 0 unspecified atom stereocenters. The maximum absolute atomic E-state index is 12.4. The van der Waals surface area contributed by atoms with Gasteiger partial charge in [-0.25, -0.2) is 0 Å². The number of carbonyl (C=O) groups is 2. The molecular weight excluding hydrogens is 316 g/mol. The highest BCUT2D eigenvalue weighted by Crippen LogP contribution is 2.34. The van der Waals surface area contributed by atoms with Crippen LogP contribution in [0.5, 0.6) is 0 Å². The van der Waals surface area contributed by atoms with E-state index in [2.05, 4.69) is 15.7 Å². The summed E-state index contributed by atoms with van der Waals surface area (Å²) in [6.45, 7) is -0.0598. The van der Waals surface area contributed by atoms with Crippen LogP contribution >= 0.6 is 0 Å². The Balaban J connectivity index is 1.84. The molecule has 128 valence electrons. The Morgan fingerprint density at radius 1 is 1.08 bits per heavy atom. The van der Waals surface area contributed by atoms with Gasteiger partial charge in [-0.05, 0) is 17.7 Å². The number of nitrogens with one attached hydrogen (secondary N) is 2. The number of hydrogen-bond donors (Lipinski definition) is 2. The van der Waals surface area contributed by atoms with E-state index in [-0.39, 0.29) is 24.4 Å². The van der Waals surface area contributed by atoms with Gasteiger partial charge in [0.05, 0.1) is 18.3 Å². The second kappa shape index (κ2) is 7.61. The Bertz CT molecular complexity index is 775. The number of para-hydroxylation sites is 1. The van der Waals surface area contributed by atoms with Gasteiger partial charge in [-0.3, -0.25) is 14.6 Å². The first-order valence-corrected chi connectivity index (χ1v) is 8.14. The first kappa shape index (κ1) is 16.7. The third-order valence-electron chi connectivity index (χ3n) is 4.07. The van der Waals surface area contributed by atoms with E-state index < -0.39 is 0 Å². The van der Waals surface area contributed by atoms with Crippen molar-refractivity contribution in [3.05, 3.63) is 66.2 Å². The second-order valence-electron chi connectivity index (χ2n) is 5.71. The van der Waals surface area contributed by atoms with E-state index in [1.54, 1.807) is 0 Å². The molecule has 1 heterocycles. The van der Waals surface area contributed by atoms with Crippen LogP contribution in [0.1, 0.15) is 18.0 Å². The summed E-state index contributed by atoms with van der Waals surface area (Å²) in [6.07, 6.45) is 0.485. The Labute approximate surface area is 146 Å². The standard InChI is InChI=1S/C19H20N4O2/c1-20-18(24)13-21-19(25)16-12-17(14-8-4-2-5-9-14)23(22-16)15-10-6-3-7-11-15/h2-11,17H,12-13H2,1H3,(H,20,24)(H,21,25)/t17-/m0/s1. The third-order valence-corrected chi connectivity index (χ3v) is 4.07. The van der Waals surface area contributed by atoms with E-state index in [1.165, 1.54) is 7.05 Å². The Hall–Kier alpha value is -3.15. The van der Waals surface area contributed by atoms with Crippen molar-refractivity contribution < 1.29 is 9.59 Å². The van der Waals surface area contributed by atoms with Crippen LogP contribution in [0.4, 0.5) is 5.69 Å². The van der Waals surface area contributed by atoms with Gasteiger partial charge in [-0.2, -0.15) is 5.10 Å². The summed E-state index contributed by atoms with van der Waals surface area (Å²) in [7, 11) is 1.53. The summed E-state index contributed by atoms with van der Waals surface area (Å²) >= 11 is 0. The lowest BCUT2D eigenvalue weighted by molar-refractivity contribution is -0.123. The van der Waals surface area contributed by atoms with Crippen LogP contribution in [-0.4, -0.2) is 31.1 Å². The van der Waals surface area contributed by atoms with Crippen molar-refractivity contribution in [2.45, 2.75) is 12.5 Å². The average molecular weight is 336 g/mol. The SMILES string of the molecule is CNC(=O)CNC(=O)C1=NN(c2ccccc2)[C@H](c2ccccc2)C1. The number of hydrogen-bond acceptors (Lipinski definition) is 4. The molecule has 0 saturated heterocycles. The lowest BCUT2D eigenvalue weighted by Gasteiger charge is -2.23. The van der Waals surface area contributed by atoms with Crippen molar-refractivity contribution in [2.24, 2.45) is 5.10 Å². The molecule has 2 amide bonds. The summed E-state index contributed by atoms with van der Waals surface area (Å²) in [4.78, 5) is 23.7. The highest BCUT2D eigenvalue weighted by Gasteiger charge is 2.32. The van der Waals surface area contributed by atoms with Gasteiger partial charge in [0.1, 0.15) is 5.71 Å². The van der Waals surface area contributed by atoms with Gasteiger partial charge in [-0.15, -0.1) is 0 Å². The molecule has 0 aliphatic carbocycles. The van der Waals surface area contributed by atoms with E-state index in [1.807, 2.05) is 65.7 Å². The Morgan fingerprint density at radius 2 is 1.72 bits per heavy atom.